The second-order valence-corrected chi connectivity index (χ2v) is 5.01. The number of rotatable bonds is 4. The largest absolute Gasteiger partial charge is 0.388 e. The van der Waals surface area contributed by atoms with Gasteiger partial charge in [0.15, 0.2) is 0 Å². The predicted octanol–water partition coefficient (Wildman–Crippen LogP) is 3.07. The molecule has 0 aliphatic carbocycles. The van der Waals surface area contributed by atoms with Crippen molar-refractivity contribution in [2.45, 2.75) is 25.9 Å². The van der Waals surface area contributed by atoms with Crippen molar-refractivity contribution in [2.24, 2.45) is 0 Å². The van der Waals surface area contributed by atoms with E-state index in [0.29, 0.717) is 23.8 Å². The molecule has 15 heavy (non-hydrogen) atoms. The molecule has 1 rings (SSSR count). The zero-order valence-electron chi connectivity index (χ0n) is 8.72. The normalized spacial score (nSPS) is 14.7. The maximum Gasteiger partial charge on any atom is 0.144 e. The number of aromatic nitrogens is 1. The first kappa shape index (κ1) is 12.7. The quantitative estimate of drug-likeness (QED) is 0.897. The second kappa shape index (κ2) is 5.14. The summed E-state index contributed by atoms with van der Waals surface area (Å²) >= 11 is 9.24. The first-order valence-electron chi connectivity index (χ1n) is 4.72. The summed E-state index contributed by atoms with van der Waals surface area (Å²) in [5.74, 6) is 0.591. The first-order valence-corrected chi connectivity index (χ1v) is 5.89. The van der Waals surface area contributed by atoms with Crippen LogP contribution in [0.15, 0.2) is 16.7 Å². The summed E-state index contributed by atoms with van der Waals surface area (Å²) in [5.41, 5.74) is -0.738. The Morgan fingerprint density at radius 3 is 2.87 bits per heavy atom. The highest BCUT2D eigenvalue weighted by atomic mass is 79.9. The molecule has 84 valence electrons. The highest BCUT2D eigenvalue weighted by Gasteiger charge is 2.17. The summed E-state index contributed by atoms with van der Waals surface area (Å²) in [6.07, 6.45) is 2.34. The molecule has 5 heteroatoms. The molecular formula is C10H14BrClN2O. The molecule has 1 atom stereocenters. The van der Waals surface area contributed by atoms with Crippen LogP contribution in [0.1, 0.15) is 20.3 Å². The van der Waals surface area contributed by atoms with Crippen molar-refractivity contribution >= 4 is 33.3 Å². The third-order valence-electron chi connectivity index (χ3n) is 2.21. The molecule has 0 aliphatic rings. The Bertz CT molecular complexity index is 344. The van der Waals surface area contributed by atoms with Crippen molar-refractivity contribution in [2.75, 3.05) is 11.9 Å². The Hall–Kier alpha value is -0.320. The standard InChI is InChI=1S/C10H14BrClN2O/c1-3-10(2,15)6-14-9-8(12)4-7(11)5-13-9/h4-5,15H,3,6H2,1-2H3,(H,13,14). The van der Waals surface area contributed by atoms with E-state index in [1.54, 1.807) is 19.2 Å². The SMILES string of the molecule is CCC(C)(O)CNc1ncc(Br)cc1Cl. The summed E-state index contributed by atoms with van der Waals surface area (Å²) < 4.78 is 0.834. The topological polar surface area (TPSA) is 45.1 Å². The van der Waals surface area contributed by atoms with Gasteiger partial charge in [-0.2, -0.15) is 0 Å². The van der Waals surface area contributed by atoms with Crippen molar-refractivity contribution in [3.63, 3.8) is 0 Å². The molecule has 0 aromatic carbocycles. The summed E-state index contributed by atoms with van der Waals surface area (Å²) in [6, 6.07) is 1.76. The van der Waals surface area contributed by atoms with Gasteiger partial charge in [-0.15, -0.1) is 0 Å². The van der Waals surface area contributed by atoms with E-state index >= 15 is 0 Å². The number of pyridine rings is 1. The number of hydrogen-bond acceptors (Lipinski definition) is 3. The van der Waals surface area contributed by atoms with Crippen LogP contribution in [0.25, 0.3) is 0 Å². The summed E-state index contributed by atoms with van der Waals surface area (Å²) in [7, 11) is 0. The Morgan fingerprint density at radius 1 is 1.67 bits per heavy atom. The maximum absolute atomic E-state index is 9.79. The van der Waals surface area contributed by atoms with Crippen molar-refractivity contribution < 1.29 is 5.11 Å². The zero-order valence-corrected chi connectivity index (χ0v) is 11.1. The fourth-order valence-corrected chi connectivity index (χ4v) is 1.64. The van der Waals surface area contributed by atoms with E-state index < -0.39 is 5.60 Å². The lowest BCUT2D eigenvalue weighted by molar-refractivity contribution is 0.0696. The van der Waals surface area contributed by atoms with Crippen LogP contribution in [0.3, 0.4) is 0 Å². The number of nitrogens with one attached hydrogen (secondary N) is 1. The van der Waals surface area contributed by atoms with E-state index in [1.165, 1.54) is 0 Å². The van der Waals surface area contributed by atoms with Crippen LogP contribution in [0.4, 0.5) is 5.82 Å². The first-order chi connectivity index (χ1) is 6.94. The van der Waals surface area contributed by atoms with Crippen molar-refractivity contribution in [1.29, 1.82) is 0 Å². The predicted molar refractivity (Wildman–Crippen MR) is 66.4 cm³/mol. The molecule has 0 saturated carbocycles. The van der Waals surface area contributed by atoms with Gasteiger partial charge in [0.05, 0.1) is 10.6 Å². The number of nitrogens with zero attached hydrogens (tertiary/aromatic N) is 1. The summed E-state index contributed by atoms with van der Waals surface area (Å²) in [5, 5.41) is 13.3. The summed E-state index contributed by atoms with van der Waals surface area (Å²) in [6.45, 7) is 4.13. The van der Waals surface area contributed by atoms with E-state index in [9.17, 15) is 5.11 Å². The molecule has 0 spiro atoms. The average molecular weight is 294 g/mol. The molecule has 0 radical (unpaired) electrons. The molecule has 1 aromatic heterocycles. The lowest BCUT2D eigenvalue weighted by Gasteiger charge is -2.22. The minimum Gasteiger partial charge on any atom is -0.388 e. The van der Waals surface area contributed by atoms with E-state index in [-0.39, 0.29) is 0 Å². The van der Waals surface area contributed by atoms with E-state index in [4.69, 9.17) is 11.6 Å². The van der Waals surface area contributed by atoms with Crippen LogP contribution < -0.4 is 5.32 Å². The molecule has 0 saturated heterocycles. The molecular weight excluding hydrogens is 279 g/mol. The zero-order chi connectivity index (χ0) is 11.5. The Balaban J connectivity index is 2.66. The van der Waals surface area contributed by atoms with Crippen LogP contribution in [-0.4, -0.2) is 22.2 Å². The van der Waals surface area contributed by atoms with Gasteiger partial charge < -0.3 is 10.4 Å². The minimum atomic E-state index is -0.738. The van der Waals surface area contributed by atoms with Crippen LogP contribution in [0.5, 0.6) is 0 Å². The lowest BCUT2D eigenvalue weighted by atomic mass is 10.0. The van der Waals surface area contributed by atoms with Gasteiger partial charge in [0, 0.05) is 17.2 Å². The van der Waals surface area contributed by atoms with Crippen molar-refractivity contribution in [3.05, 3.63) is 21.8 Å². The van der Waals surface area contributed by atoms with Gasteiger partial charge in [-0.1, -0.05) is 18.5 Å². The number of halogens is 2. The van der Waals surface area contributed by atoms with Gasteiger partial charge in [-0.25, -0.2) is 4.98 Å². The fourth-order valence-electron chi connectivity index (χ4n) is 0.944. The number of aliphatic hydroxyl groups is 1. The van der Waals surface area contributed by atoms with Crippen LogP contribution in [-0.2, 0) is 0 Å². The molecule has 1 unspecified atom stereocenters. The van der Waals surface area contributed by atoms with E-state index in [1.807, 2.05) is 6.92 Å². The second-order valence-electron chi connectivity index (χ2n) is 3.69. The highest BCUT2D eigenvalue weighted by molar-refractivity contribution is 9.10. The Labute approximate surface area is 103 Å². The van der Waals surface area contributed by atoms with Crippen molar-refractivity contribution in [3.8, 4) is 0 Å². The number of hydrogen-bond donors (Lipinski definition) is 2. The van der Waals surface area contributed by atoms with Gasteiger partial charge in [0.25, 0.3) is 0 Å². The summed E-state index contributed by atoms with van der Waals surface area (Å²) in [4.78, 5) is 4.11. The molecule has 0 aliphatic heterocycles. The molecule has 0 bridgehead atoms. The molecule has 1 aromatic rings. The van der Waals surface area contributed by atoms with Gasteiger partial charge in [-0.3, -0.25) is 0 Å². The minimum absolute atomic E-state index is 0.428. The third kappa shape index (κ3) is 3.97. The molecule has 0 fully saturated rings. The Morgan fingerprint density at radius 2 is 2.33 bits per heavy atom. The van der Waals surface area contributed by atoms with Gasteiger partial charge in [0.1, 0.15) is 5.82 Å². The van der Waals surface area contributed by atoms with Gasteiger partial charge in [-0.05, 0) is 35.3 Å². The van der Waals surface area contributed by atoms with Gasteiger partial charge >= 0.3 is 0 Å². The molecule has 0 amide bonds. The Kier molecular flexibility index (Phi) is 4.37. The van der Waals surface area contributed by atoms with E-state index in [2.05, 4.69) is 26.2 Å². The monoisotopic (exact) mass is 292 g/mol. The van der Waals surface area contributed by atoms with Crippen molar-refractivity contribution in [1.82, 2.24) is 4.98 Å². The fraction of sp³-hybridized carbons (Fsp3) is 0.500. The van der Waals surface area contributed by atoms with E-state index in [0.717, 1.165) is 4.47 Å². The molecule has 1 heterocycles. The maximum atomic E-state index is 9.79. The van der Waals surface area contributed by atoms with Crippen LogP contribution >= 0.6 is 27.5 Å². The van der Waals surface area contributed by atoms with Crippen LogP contribution in [0.2, 0.25) is 5.02 Å². The molecule has 3 nitrogen and oxygen atoms in total. The smallest absolute Gasteiger partial charge is 0.144 e. The highest BCUT2D eigenvalue weighted by Crippen LogP contribution is 2.23. The number of anilines is 1. The average Bonchev–Trinajstić information content (AvgIpc) is 2.16. The molecule has 2 N–H and O–H groups in total. The van der Waals surface area contributed by atoms with Gasteiger partial charge in [0.2, 0.25) is 0 Å². The van der Waals surface area contributed by atoms with Crippen LogP contribution in [0, 0.1) is 0 Å². The third-order valence-corrected chi connectivity index (χ3v) is 2.93. The lowest BCUT2D eigenvalue weighted by Crippen LogP contribution is -2.32.